The van der Waals surface area contributed by atoms with Crippen molar-refractivity contribution >= 4 is 34.3 Å². The number of hydrogen-bond acceptors (Lipinski definition) is 4. The molecule has 2 rings (SSSR count). The van der Waals surface area contributed by atoms with Gasteiger partial charge in [-0.2, -0.15) is 0 Å². The third kappa shape index (κ3) is 2.37. The van der Waals surface area contributed by atoms with Crippen molar-refractivity contribution in [1.29, 1.82) is 0 Å². The van der Waals surface area contributed by atoms with Crippen LogP contribution in [0.25, 0.3) is 0 Å². The molecule has 4 nitrogen and oxygen atoms in total. The predicted molar refractivity (Wildman–Crippen MR) is 68.1 cm³/mol. The molecule has 1 aromatic carbocycles. The maximum atomic E-state index is 10.9. The molecule has 6 heteroatoms. The largest absolute Gasteiger partial charge is 0.396 e. The summed E-state index contributed by atoms with van der Waals surface area (Å²) in [4.78, 5) is 13.6. The van der Waals surface area contributed by atoms with Gasteiger partial charge in [0.05, 0.1) is 22.9 Å². The molecule has 0 unspecified atom stereocenters. The van der Waals surface area contributed by atoms with Crippen molar-refractivity contribution in [2.24, 2.45) is 0 Å². The Bertz CT molecular complexity index is 549. The van der Waals surface area contributed by atoms with Crippen LogP contribution in [0, 0.1) is 0 Å². The SMILES string of the molecule is Nc1c(Cl)cccc1NCc1csc(=O)[nH]1. The van der Waals surface area contributed by atoms with Crippen LogP contribution in [0.2, 0.25) is 5.02 Å². The maximum absolute atomic E-state index is 10.9. The molecule has 0 bridgehead atoms. The van der Waals surface area contributed by atoms with E-state index in [0.717, 1.165) is 22.7 Å². The number of nitrogens with two attached hydrogens (primary N) is 1. The van der Waals surface area contributed by atoms with E-state index in [-0.39, 0.29) is 4.87 Å². The predicted octanol–water partition coefficient (Wildman–Crippen LogP) is 2.28. The average molecular weight is 256 g/mol. The molecule has 0 atom stereocenters. The summed E-state index contributed by atoms with van der Waals surface area (Å²) in [5.74, 6) is 0. The summed E-state index contributed by atoms with van der Waals surface area (Å²) in [7, 11) is 0. The van der Waals surface area contributed by atoms with Gasteiger partial charge in [0.1, 0.15) is 0 Å². The molecule has 0 fully saturated rings. The van der Waals surface area contributed by atoms with Crippen molar-refractivity contribution in [1.82, 2.24) is 4.98 Å². The Morgan fingerprint density at radius 1 is 1.50 bits per heavy atom. The van der Waals surface area contributed by atoms with Crippen LogP contribution in [0.3, 0.4) is 0 Å². The third-order valence-corrected chi connectivity index (χ3v) is 3.14. The Morgan fingerprint density at radius 3 is 3.00 bits per heavy atom. The second-order valence-electron chi connectivity index (χ2n) is 3.23. The van der Waals surface area contributed by atoms with Gasteiger partial charge in [-0.3, -0.25) is 4.79 Å². The number of thiazole rings is 1. The number of aromatic amines is 1. The van der Waals surface area contributed by atoms with Crippen LogP contribution < -0.4 is 15.9 Å². The normalized spacial score (nSPS) is 10.3. The number of para-hydroxylation sites is 1. The molecule has 84 valence electrons. The Labute approximate surface area is 101 Å². The molecule has 0 saturated carbocycles. The number of nitrogen functional groups attached to an aromatic ring is 1. The summed E-state index contributed by atoms with van der Waals surface area (Å²) in [5.41, 5.74) is 7.90. The zero-order chi connectivity index (χ0) is 11.5. The number of nitrogens with one attached hydrogen (secondary N) is 2. The number of benzene rings is 1. The highest BCUT2D eigenvalue weighted by Gasteiger charge is 2.03. The molecule has 0 radical (unpaired) electrons. The molecule has 0 amide bonds. The zero-order valence-corrected chi connectivity index (χ0v) is 9.86. The monoisotopic (exact) mass is 255 g/mol. The third-order valence-electron chi connectivity index (χ3n) is 2.09. The summed E-state index contributed by atoms with van der Waals surface area (Å²) in [6.45, 7) is 0.517. The van der Waals surface area contributed by atoms with Gasteiger partial charge < -0.3 is 16.0 Å². The minimum Gasteiger partial charge on any atom is -0.396 e. The van der Waals surface area contributed by atoms with E-state index in [0.29, 0.717) is 17.3 Å². The summed E-state index contributed by atoms with van der Waals surface area (Å²) in [6, 6.07) is 5.39. The highest BCUT2D eigenvalue weighted by molar-refractivity contribution is 7.07. The van der Waals surface area contributed by atoms with Gasteiger partial charge in [0.2, 0.25) is 0 Å². The van der Waals surface area contributed by atoms with E-state index in [1.165, 1.54) is 0 Å². The highest BCUT2D eigenvalue weighted by atomic mass is 35.5. The fourth-order valence-electron chi connectivity index (χ4n) is 1.28. The lowest BCUT2D eigenvalue weighted by molar-refractivity contribution is 1.06. The summed E-state index contributed by atoms with van der Waals surface area (Å²) in [5, 5.41) is 5.40. The van der Waals surface area contributed by atoms with Gasteiger partial charge >= 0.3 is 4.87 Å². The number of anilines is 2. The maximum Gasteiger partial charge on any atom is 0.304 e. The van der Waals surface area contributed by atoms with E-state index in [1.54, 1.807) is 11.4 Å². The Kier molecular flexibility index (Phi) is 3.17. The van der Waals surface area contributed by atoms with E-state index in [2.05, 4.69) is 10.3 Å². The van der Waals surface area contributed by atoms with Gasteiger partial charge in [-0.25, -0.2) is 0 Å². The number of rotatable bonds is 3. The Hall–Kier alpha value is -1.46. The first-order chi connectivity index (χ1) is 7.66. The van der Waals surface area contributed by atoms with E-state index in [1.807, 2.05) is 12.1 Å². The second-order valence-corrected chi connectivity index (χ2v) is 4.48. The van der Waals surface area contributed by atoms with Crippen molar-refractivity contribution in [3.05, 3.63) is 44.0 Å². The Morgan fingerprint density at radius 2 is 2.31 bits per heavy atom. The second kappa shape index (κ2) is 4.59. The smallest absolute Gasteiger partial charge is 0.304 e. The molecule has 4 N–H and O–H groups in total. The molecule has 2 aromatic rings. The van der Waals surface area contributed by atoms with Crippen molar-refractivity contribution in [3.63, 3.8) is 0 Å². The van der Waals surface area contributed by atoms with Crippen molar-refractivity contribution in [2.45, 2.75) is 6.54 Å². The molecule has 1 heterocycles. The minimum atomic E-state index is -0.0594. The first-order valence-corrected chi connectivity index (χ1v) is 5.87. The van der Waals surface area contributed by atoms with Gasteiger partial charge in [0.15, 0.2) is 0 Å². The fourth-order valence-corrected chi connectivity index (χ4v) is 2.04. The van der Waals surface area contributed by atoms with Crippen LogP contribution in [0.1, 0.15) is 5.69 Å². The van der Waals surface area contributed by atoms with Gasteiger partial charge in [-0.05, 0) is 12.1 Å². The number of aromatic nitrogens is 1. The molecule has 0 aliphatic heterocycles. The molecular formula is C10H10ClN3OS. The summed E-state index contributed by atoms with van der Waals surface area (Å²) >= 11 is 7.02. The molecule has 0 aliphatic rings. The summed E-state index contributed by atoms with van der Waals surface area (Å²) in [6.07, 6.45) is 0. The lowest BCUT2D eigenvalue weighted by Crippen LogP contribution is -2.04. The number of halogens is 1. The number of hydrogen-bond donors (Lipinski definition) is 3. The topological polar surface area (TPSA) is 70.9 Å². The van der Waals surface area contributed by atoms with E-state index in [4.69, 9.17) is 17.3 Å². The van der Waals surface area contributed by atoms with Gasteiger partial charge in [-0.1, -0.05) is 29.0 Å². The summed E-state index contributed by atoms with van der Waals surface area (Å²) < 4.78 is 0. The lowest BCUT2D eigenvalue weighted by Gasteiger charge is -2.08. The van der Waals surface area contributed by atoms with Gasteiger partial charge in [0, 0.05) is 11.1 Å². The minimum absolute atomic E-state index is 0.0594. The molecule has 0 spiro atoms. The lowest BCUT2D eigenvalue weighted by atomic mass is 10.2. The van der Waals surface area contributed by atoms with E-state index < -0.39 is 0 Å². The molecule has 16 heavy (non-hydrogen) atoms. The van der Waals surface area contributed by atoms with Gasteiger partial charge in [-0.15, -0.1) is 0 Å². The van der Waals surface area contributed by atoms with Crippen LogP contribution in [-0.4, -0.2) is 4.98 Å². The zero-order valence-electron chi connectivity index (χ0n) is 8.29. The molecule has 0 saturated heterocycles. The standard InChI is InChI=1S/C10H10ClN3OS/c11-7-2-1-3-8(9(7)12)13-4-6-5-16-10(15)14-6/h1-3,5,13H,4,12H2,(H,14,15). The van der Waals surface area contributed by atoms with Crippen molar-refractivity contribution < 1.29 is 0 Å². The fraction of sp³-hybridized carbons (Fsp3) is 0.100. The van der Waals surface area contributed by atoms with Crippen LogP contribution in [-0.2, 0) is 6.54 Å². The Balaban J connectivity index is 2.10. The van der Waals surface area contributed by atoms with Crippen molar-refractivity contribution in [3.8, 4) is 0 Å². The average Bonchev–Trinajstić information content (AvgIpc) is 2.67. The first kappa shape index (κ1) is 11.0. The molecule has 0 aliphatic carbocycles. The van der Waals surface area contributed by atoms with Gasteiger partial charge in [0.25, 0.3) is 0 Å². The van der Waals surface area contributed by atoms with Crippen LogP contribution >= 0.6 is 22.9 Å². The number of H-pyrrole nitrogens is 1. The van der Waals surface area contributed by atoms with E-state index >= 15 is 0 Å². The quantitative estimate of drug-likeness (QED) is 0.737. The first-order valence-electron chi connectivity index (χ1n) is 4.61. The van der Waals surface area contributed by atoms with Crippen molar-refractivity contribution in [2.75, 3.05) is 11.1 Å². The highest BCUT2D eigenvalue weighted by Crippen LogP contribution is 2.26. The molecular weight excluding hydrogens is 246 g/mol. The van der Waals surface area contributed by atoms with Crippen LogP contribution in [0.4, 0.5) is 11.4 Å². The van der Waals surface area contributed by atoms with Crippen LogP contribution in [0.15, 0.2) is 28.4 Å². The van der Waals surface area contributed by atoms with E-state index in [9.17, 15) is 4.79 Å². The van der Waals surface area contributed by atoms with Crippen LogP contribution in [0.5, 0.6) is 0 Å². The molecule has 1 aromatic heterocycles.